The van der Waals surface area contributed by atoms with Crippen molar-refractivity contribution >= 4 is 5.78 Å². The van der Waals surface area contributed by atoms with Crippen molar-refractivity contribution in [1.82, 2.24) is 0 Å². The van der Waals surface area contributed by atoms with Crippen LogP contribution in [0.1, 0.15) is 26.7 Å². The quantitative estimate of drug-likeness (QED) is 0.322. The van der Waals surface area contributed by atoms with Crippen LogP contribution in [-0.2, 0) is 4.79 Å². The van der Waals surface area contributed by atoms with Gasteiger partial charge in [0.2, 0.25) is 5.78 Å². The molecule has 1 nitrogen and oxygen atoms in total. The van der Waals surface area contributed by atoms with E-state index in [1.54, 1.807) is 0 Å². The molecule has 0 aromatic heterocycles. The Hall–Kier alpha value is -1.03. The molecule has 0 saturated heterocycles. The molecule has 0 aromatic carbocycles. The molecule has 54 valence electrons. The molecule has 0 fully saturated rings. The third-order valence-electron chi connectivity index (χ3n) is 0.887. The predicted molar refractivity (Wildman–Crippen MR) is 42.5 cm³/mol. The molecule has 0 aliphatic heterocycles. The molecular weight excluding hydrogens is 124 g/mol. The Morgan fingerprint density at radius 1 is 1.50 bits per heavy atom. The zero-order chi connectivity index (χ0) is 7.82. The van der Waals surface area contributed by atoms with Gasteiger partial charge in [0.05, 0.1) is 0 Å². The van der Waals surface area contributed by atoms with Crippen molar-refractivity contribution in [3.63, 3.8) is 0 Å². The molecule has 0 atom stereocenters. The minimum absolute atomic E-state index is 0.0649. The standard InChI is InChI=1S/C9H12O/c1-3-4-5-6-7-8-9(2)10/h4-5H,3,6H2,1-2H3/b5-4-. The molecule has 0 rings (SSSR count). The first-order chi connectivity index (χ1) is 4.77. The van der Waals surface area contributed by atoms with Crippen LogP contribution < -0.4 is 0 Å². The van der Waals surface area contributed by atoms with E-state index in [1.807, 2.05) is 12.2 Å². The third-order valence-corrected chi connectivity index (χ3v) is 0.887. The van der Waals surface area contributed by atoms with Gasteiger partial charge >= 0.3 is 0 Å². The third kappa shape index (κ3) is 6.97. The zero-order valence-electron chi connectivity index (χ0n) is 6.48. The summed E-state index contributed by atoms with van der Waals surface area (Å²) in [5.41, 5.74) is 0. The molecule has 0 saturated carbocycles. The van der Waals surface area contributed by atoms with Gasteiger partial charge in [-0.1, -0.05) is 25.0 Å². The van der Waals surface area contributed by atoms with Crippen molar-refractivity contribution in [2.24, 2.45) is 0 Å². The minimum atomic E-state index is -0.0649. The lowest BCUT2D eigenvalue weighted by atomic mass is 10.3. The molecule has 0 spiro atoms. The van der Waals surface area contributed by atoms with Crippen LogP contribution in [0.5, 0.6) is 0 Å². The van der Waals surface area contributed by atoms with Crippen LogP contribution in [0.15, 0.2) is 12.2 Å². The van der Waals surface area contributed by atoms with Gasteiger partial charge in [-0.3, -0.25) is 4.79 Å². The summed E-state index contributed by atoms with van der Waals surface area (Å²) >= 11 is 0. The van der Waals surface area contributed by atoms with Gasteiger partial charge in [0.25, 0.3) is 0 Å². The van der Waals surface area contributed by atoms with Crippen molar-refractivity contribution in [3.05, 3.63) is 12.2 Å². The van der Waals surface area contributed by atoms with Crippen molar-refractivity contribution in [3.8, 4) is 11.8 Å². The molecule has 10 heavy (non-hydrogen) atoms. The predicted octanol–water partition coefficient (Wildman–Crippen LogP) is 1.94. The number of carbonyl (C=O) groups is 1. The van der Waals surface area contributed by atoms with Crippen molar-refractivity contribution in [2.45, 2.75) is 26.7 Å². The Kier molecular flexibility index (Phi) is 5.47. The van der Waals surface area contributed by atoms with Gasteiger partial charge in [0, 0.05) is 13.3 Å². The normalized spacial score (nSPS) is 9.00. The maximum atomic E-state index is 10.3. The van der Waals surface area contributed by atoms with Gasteiger partial charge < -0.3 is 0 Å². The van der Waals surface area contributed by atoms with Crippen LogP contribution in [-0.4, -0.2) is 5.78 Å². The largest absolute Gasteiger partial charge is 0.285 e. The van der Waals surface area contributed by atoms with E-state index in [1.165, 1.54) is 6.92 Å². The molecule has 0 aliphatic rings. The maximum absolute atomic E-state index is 10.3. The van der Waals surface area contributed by atoms with Crippen LogP contribution in [0.2, 0.25) is 0 Å². The van der Waals surface area contributed by atoms with Crippen molar-refractivity contribution < 1.29 is 4.79 Å². The highest BCUT2D eigenvalue weighted by Gasteiger charge is 1.76. The lowest BCUT2D eigenvalue weighted by Gasteiger charge is -1.75. The maximum Gasteiger partial charge on any atom is 0.202 e. The molecule has 0 aromatic rings. The average Bonchev–Trinajstić information content (AvgIpc) is 1.87. The number of Topliss-reactive ketones (excluding diaryl/α,β-unsaturated/α-hetero) is 1. The monoisotopic (exact) mass is 136 g/mol. The van der Waals surface area contributed by atoms with Crippen LogP contribution >= 0.6 is 0 Å². The summed E-state index contributed by atoms with van der Waals surface area (Å²) in [7, 11) is 0. The summed E-state index contributed by atoms with van der Waals surface area (Å²) in [6.45, 7) is 3.53. The summed E-state index contributed by atoms with van der Waals surface area (Å²) in [5, 5.41) is 0. The second-order valence-electron chi connectivity index (χ2n) is 1.94. The molecular formula is C9H12O. The highest BCUT2D eigenvalue weighted by atomic mass is 16.1. The first-order valence-corrected chi connectivity index (χ1v) is 3.41. The molecule has 1 heteroatoms. The van der Waals surface area contributed by atoms with Gasteiger partial charge in [-0.2, -0.15) is 0 Å². The average molecular weight is 136 g/mol. The Labute approximate surface area is 62.1 Å². The van der Waals surface area contributed by atoms with Gasteiger partial charge in [-0.25, -0.2) is 0 Å². The van der Waals surface area contributed by atoms with Crippen LogP contribution in [0, 0.1) is 11.8 Å². The van der Waals surface area contributed by atoms with E-state index in [0.717, 1.165) is 6.42 Å². The number of rotatable bonds is 2. The van der Waals surface area contributed by atoms with Gasteiger partial charge in [-0.15, -0.1) is 0 Å². The second kappa shape index (κ2) is 6.10. The van der Waals surface area contributed by atoms with E-state index in [9.17, 15) is 4.79 Å². The van der Waals surface area contributed by atoms with E-state index < -0.39 is 0 Å². The number of allylic oxidation sites excluding steroid dienone is 2. The highest BCUT2D eigenvalue weighted by Crippen LogP contribution is 1.83. The highest BCUT2D eigenvalue weighted by molar-refractivity contribution is 5.93. The van der Waals surface area contributed by atoms with Gasteiger partial charge in [0.1, 0.15) is 0 Å². The molecule has 0 N–H and O–H groups in total. The molecule has 0 unspecified atom stereocenters. The van der Waals surface area contributed by atoms with Gasteiger partial charge in [-0.05, 0) is 12.3 Å². The summed E-state index contributed by atoms with van der Waals surface area (Å²) in [4.78, 5) is 10.3. The summed E-state index contributed by atoms with van der Waals surface area (Å²) in [6.07, 6.45) is 5.72. The fraction of sp³-hybridized carbons (Fsp3) is 0.444. The van der Waals surface area contributed by atoms with E-state index in [4.69, 9.17) is 0 Å². The minimum Gasteiger partial charge on any atom is -0.285 e. The smallest absolute Gasteiger partial charge is 0.202 e. The van der Waals surface area contributed by atoms with E-state index >= 15 is 0 Å². The summed E-state index contributed by atoms with van der Waals surface area (Å²) in [6, 6.07) is 0. The molecule has 0 bridgehead atoms. The number of ketones is 1. The fourth-order valence-electron chi connectivity index (χ4n) is 0.484. The first-order valence-electron chi connectivity index (χ1n) is 3.41. The number of carbonyl (C=O) groups excluding carboxylic acids is 1. The summed E-state index contributed by atoms with van der Waals surface area (Å²) in [5.74, 6) is 5.13. The van der Waals surface area contributed by atoms with Crippen LogP contribution in [0.25, 0.3) is 0 Å². The van der Waals surface area contributed by atoms with Gasteiger partial charge in [0.15, 0.2) is 0 Å². The first kappa shape index (κ1) is 8.97. The lowest BCUT2D eigenvalue weighted by molar-refractivity contribution is -0.111. The Balaban J connectivity index is 3.47. The van der Waals surface area contributed by atoms with E-state index in [-0.39, 0.29) is 5.78 Å². The number of hydrogen-bond donors (Lipinski definition) is 0. The molecule has 0 amide bonds. The van der Waals surface area contributed by atoms with Crippen molar-refractivity contribution in [2.75, 3.05) is 0 Å². The van der Waals surface area contributed by atoms with E-state index in [2.05, 4.69) is 18.8 Å². The van der Waals surface area contributed by atoms with E-state index in [0.29, 0.717) is 6.42 Å². The Bertz CT molecular complexity index is 179. The fourth-order valence-corrected chi connectivity index (χ4v) is 0.484. The lowest BCUT2D eigenvalue weighted by Crippen LogP contribution is -1.79. The topological polar surface area (TPSA) is 17.1 Å². The van der Waals surface area contributed by atoms with Crippen molar-refractivity contribution in [1.29, 1.82) is 0 Å². The Morgan fingerprint density at radius 2 is 2.20 bits per heavy atom. The Morgan fingerprint density at radius 3 is 2.70 bits per heavy atom. The summed E-state index contributed by atoms with van der Waals surface area (Å²) < 4.78 is 0. The molecule has 0 aliphatic carbocycles. The SMILES string of the molecule is CC/C=C\CC#CC(C)=O. The van der Waals surface area contributed by atoms with Crippen LogP contribution in [0.4, 0.5) is 0 Å². The second-order valence-corrected chi connectivity index (χ2v) is 1.94. The van der Waals surface area contributed by atoms with Crippen LogP contribution in [0.3, 0.4) is 0 Å². The number of hydrogen-bond acceptors (Lipinski definition) is 1. The zero-order valence-corrected chi connectivity index (χ0v) is 6.48. The molecule has 0 radical (unpaired) electrons. The molecule has 0 heterocycles.